The van der Waals surface area contributed by atoms with Crippen molar-refractivity contribution >= 4 is 10.0 Å². The fourth-order valence-electron chi connectivity index (χ4n) is 2.12. The lowest BCUT2D eigenvalue weighted by Crippen LogP contribution is -2.23. The number of hydrogen-bond acceptors (Lipinski definition) is 5. The van der Waals surface area contributed by atoms with Gasteiger partial charge in [0.25, 0.3) is 5.89 Å². The second-order valence-electron chi connectivity index (χ2n) is 5.13. The molecule has 0 radical (unpaired) electrons. The molecule has 7 nitrogen and oxygen atoms in total. The Morgan fingerprint density at radius 3 is 2.70 bits per heavy atom. The third kappa shape index (κ3) is 3.33. The van der Waals surface area contributed by atoms with E-state index in [-0.39, 0.29) is 17.3 Å². The third-order valence-corrected chi connectivity index (χ3v) is 4.82. The van der Waals surface area contributed by atoms with Gasteiger partial charge in [0, 0.05) is 19.7 Å². The molecule has 23 heavy (non-hydrogen) atoms. The number of hydrogen-bond donors (Lipinski definition) is 2. The summed E-state index contributed by atoms with van der Waals surface area (Å²) in [5, 5.41) is 7.57. The summed E-state index contributed by atoms with van der Waals surface area (Å²) in [5.41, 5.74) is 2.42. The van der Waals surface area contributed by atoms with Crippen molar-refractivity contribution in [3.05, 3.63) is 53.5 Å². The zero-order valence-corrected chi connectivity index (χ0v) is 13.5. The van der Waals surface area contributed by atoms with Gasteiger partial charge in [0.2, 0.25) is 15.9 Å². The van der Waals surface area contributed by atoms with Gasteiger partial charge in [0.1, 0.15) is 10.6 Å². The highest BCUT2D eigenvalue weighted by atomic mass is 32.2. The summed E-state index contributed by atoms with van der Waals surface area (Å²) < 4.78 is 32.6. The highest BCUT2D eigenvalue weighted by Crippen LogP contribution is 2.20. The predicted molar refractivity (Wildman–Crippen MR) is 84.0 cm³/mol. The lowest BCUT2D eigenvalue weighted by molar-refractivity contribution is 0.531. The Kier molecular flexibility index (Phi) is 4.01. The molecule has 0 aliphatic rings. The molecule has 2 aromatic heterocycles. The molecule has 0 amide bonds. The van der Waals surface area contributed by atoms with Crippen LogP contribution in [-0.2, 0) is 16.6 Å². The van der Waals surface area contributed by atoms with Gasteiger partial charge < -0.3 is 9.40 Å². The number of rotatable bonds is 5. The standard InChI is InChI=1S/C15H16N4O3S/c1-10-5-3-4-6-12(10)8-17-23(20,21)13-7-14(16-9-13)15-19-18-11(2)22-15/h3-7,9,16-17H,8H2,1-2H3. The number of nitrogens with zero attached hydrogens (tertiary/aromatic N) is 2. The molecule has 0 saturated carbocycles. The zero-order valence-electron chi connectivity index (χ0n) is 12.7. The summed E-state index contributed by atoms with van der Waals surface area (Å²) in [6.07, 6.45) is 1.40. The van der Waals surface area contributed by atoms with Crippen LogP contribution in [0.25, 0.3) is 11.6 Å². The first-order chi connectivity index (χ1) is 11.0. The van der Waals surface area contributed by atoms with E-state index in [9.17, 15) is 8.42 Å². The van der Waals surface area contributed by atoms with Crippen molar-refractivity contribution in [2.75, 3.05) is 0 Å². The van der Waals surface area contributed by atoms with E-state index in [1.807, 2.05) is 31.2 Å². The maximum absolute atomic E-state index is 12.4. The number of nitrogens with one attached hydrogen (secondary N) is 2. The summed E-state index contributed by atoms with van der Waals surface area (Å²) >= 11 is 0. The SMILES string of the molecule is Cc1nnc(-c2cc(S(=O)(=O)NCc3ccccc3C)c[nH]2)o1. The van der Waals surface area contributed by atoms with Crippen molar-refractivity contribution in [2.24, 2.45) is 0 Å². The van der Waals surface area contributed by atoms with Gasteiger partial charge in [-0.05, 0) is 24.1 Å². The van der Waals surface area contributed by atoms with Crippen LogP contribution in [0.5, 0.6) is 0 Å². The van der Waals surface area contributed by atoms with Crippen LogP contribution >= 0.6 is 0 Å². The van der Waals surface area contributed by atoms with Crippen LogP contribution < -0.4 is 4.72 Å². The minimum absolute atomic E-state index is 0.122. The molecule has 120 valence electrons. The van der Waals surface area contributed by atoms with Gasteiger partial charge in [-0.2, -0.15) is 0 Å². The van der Waals surface area contributed by atoms with E-state index in [2.05, 4.69) is 19.9 Å². The molecular formula is C15H16N4O3S. The molecule has 0 saturated heterocycles. The van der Waals surface area contributed by atoms with Crippen molar-refractivity contribution in [2.45, 2.75) is 25.3 Å². The number of aromatic nitrogens is 3. The lowest BCUT2D eigenvalue weighted by Gasteiger charge is -2.07. The molecule has 8 heteroatoms. The first kappa shape index (κ1) is 15.4. The number of H-pyrrole nitrogens is 1. The Labute approximate surface area is 133 Å². The second kappa shape index (κ2) is 5.98. The lowest BCUT2D eigenvalue weighted by atomic mass is 10.1. The molecule has 3 rings (SSSR count). The topological polar surface area (TPSA) is 101 Å². The number of benzene rings is 1. The molecule has 0 atom stereocenters. The van der Waals surface area contributed by atoms with Gasteiger partial charge in [-0.1, -0.05) is 24.3 Å². The molecule has 0 unspecified atom stereocenters. The van der Waals surface area contributed by atoms with Gasteiger partial charge >= 0.3 is 0 Å². The molecule has 0 spiro atoms. The predicted octanol–water partition coefficient (Wildman–Crippen LogP) is 2.16. The Bertz CT molecular complexity index is 928. The van der Waals surface area contributed by atoms with E-state index in [0.29, 0.717) is 11.6 Å². The van der Waals surface area contributed by atoms with Crippen molar-refractivity contribution in [3.8, 4) is 11.6 Å². The van der Waals surface area contributed by atoms with Crippen LogP contribution in [0.2, 0.25) is 0 Å². The van der Waals surface area contributed by atoms with Crippen LogP contribution in [0.4, 0.5) is 0 Å². The summed E-state index contributed by atoms with van der Waals surface area (Å²) in [6, 6.07) is 9.09. The van der Waals surface area contributed by atoms with Crippen molar-refractivity contribution in [1.29, 1.82) is 0 Å². The van der Waals surface area contributed by atoms with E-state index in [4.69, 9.17) is 4.42 Å². The van der Waals surface area contributed by atoms with Gasteiger partial charge in [0.15, 0.2) is 0 Å². The van der Waals surface area contributed by atoms with E-state index in [1.165, 1.54) is 12.3 Å². The van der Waals surface area contributed by atoms with Crippen LogP contribution in [0.1, 0.15) is 17.0 Å². The summed E-state index contributed by atoms with van der Waals surface area (Å²) in [4.78, 5) is 2.96. The fraction of sp³-hybridized carbons (Fsp3) is 0.200. The van der Waals surface area contributed by atoms with Crippen molar-refractivity contribution in [1.82, 2.24) is 19.9 Å². The van der Waals surface area contributed by atoms with E-state index in [0.717, 1.165) is 11.1 Å². The van der Waals surface area contributed by atoms with E-state index < -0.39 is 10.0 Å². The third-order valence-electron chi connectivity index (χ3n) is 3.44. The Morgan fingerprint density at radius 2 is 2.00 bits per heavy atom. The fourth-order valence-corrected chi connectivity index (χ4v) is 3.12. The first-order valence-corrected chi connectivity index (χ1v) is 8.47. The van der Waals surface area contributed by atoms with Gasteiger partial charge in [-0.25, -0.2) is 13.1 Å². The average molecular weight is 332 g/mol. The normalized spacial score (nSPS) is 11.7. The first-order valence-electron chi connectivity index (χ1n) is 6.99. The van der Waals surface area contributed by atoms with Crippen LogP contribution in [0, 0.1) is 13.8 Å². The minimum atomic E-state index is -3.63. The van der Waals surface area contributed by atoms with E-state index >= 15 is 0 Å². The van der Waals surface area contributed by atoms with Crippen molar-refractivity contribution in [3.63, 3.8) is 0 Å². The second-order valence-corrected chi connectivity index (χ2v) is 6.89. The quantitative estimate of drug-likeness (QED) is 0.745. The monoisotopic (exact) mass is 332 g/mol. The molecule has 2 N–H and O–H groups in total. The molecule has 0 bridgehead atoms. The Morgan fingerprint density at radius 1 is 1.22 bits per heavy atom. The zero-order chi connectivity index (χ0) is 16.4. The van der Waals surface area contributed by atoms with Gasteiger partial charge in [-0.3, -0.25) is 0 Å². The Hall–Kier alpha value is -2.45. The highest BCUT2D eigenvalue weighted by molar-refractivity contribution is 7.89. The van der Waals surface area contributed by atoms with Crippen molar-refractivity contribution < 1.29 is 12.8 Å². The molecule has 2 heterocycles. The highest BCUT2D eigenvalue weighted by Gasteiger charge is 2.18. The smallest absolute Gasteiger partial charge is 0.264 e. The minimum Gasteiger partial charge on any atom is -0.420 e. The number of sulfonamides is 1. The Balaban J connectivity index is 1.78. The largest absolute Gasteiger partial charge is 0.420 e. The summed E-state index contributed by atoms with van der Waals surface area (Å²) in [6.45, 7) is 3.84. The van der Waals surface area contributed by atoms with Crippen LogP contribution in [0.15, 0.2) is 45.8 Å². The van der Waals surface area contributed by atoms with Gasteiger partial charge in [-0.15, -0.1) is 10.2 Å². The molecule has 0 aliphatic carbocycles. The van der Waals surface area contributed by atoms with Crippen LogP contribution in [0.3, 0.4) is 0 Å². The van der Waals surface area contributed by atoms with E-state index in [1.54, 1.807) is 6.92 Å². The van der Waals surface area contributed by atoms with Crippen LogP contribution in [-0.4, -0.2) is 23.6 Å². The molecular weight excluding hydrogens is 316 g/mol. The number of aryl methyl sites for hydroxylation is 2. The molecule has 3 aromatic rings. The molecule has 1 aromatic carbocycles. The average Bonchev–Trinajstić information content (AvgIpc) is 3.15. The summed E-state index contributed by atoms with van der Waals surface area (Å²) in [7, 11) is -3.63. The molecule has 0 aliphatic heterocycles. The van der Waals surface area contributed by atoms with Gasteiger partial charge in [0.05, 0.1) is 0 Å². The maximum atomic E-state index is 12.4. The maximum Gasteiger partial charge on any atom is 0.264 e. The summed E-state index contributed by atoms with van der Waals surface area (Å²) in [5.74, 6) is 0.666. The molecule has 0 fully saturated rings. The number of aromatic amines is 1.